The largest absolute Gasteiger partial charge is 0.497 e. The minimum absolute atomic E-state index is 0.0372. The van der Waals surface area contributed by atoms with Crippen molar-refractivity contribution in [2.75, 3.05) is 20.0 Å². The first-order valence-electron chi connectivity index (χ1n) is 9.85. The Morgan fingerprint density at radius 1 is 0.906 bits per heavy atom. The highest BCUT2D eigenvalue weighted by Crippen LogP contribution is 2.47. The van der Waals surface area contributed by atoms with Gasteiger partial charge < -0.3 is 19.6 Å². The Balaban J connectivity index is 1.87. The number of anilines is 1. The molecule has 0 saturated heterocycles. The summed E-state index contributed by atoms with van der Waals surface area (Å²) in [6.07, 6.45) is 0. The minimum Gasteiger partial charge on any atom is -0.497 e. The van der Waals surface area contributed by atoms with Gasteiger partial charge in [0.15, 0.2) is 0 Å². The second-order valence-electron chi connectivity index (χ2n) is 7.19. The van der Waals surface area contributed by atoms with Crippen LogP contribution in [-0.4, -0.2) is 24.4 Å². The molecule has 0 amide bonds. The maximum absolute atomic E-state index is 9.95. The molecule has 3 aromatic rings. The van der Waals surface area contributed by atoms with Crippen LogP contribution in [0.1, 0.15) is 5.56 Å². The minimum atomic E-state index is -0.0372. The lowest BCUT2D eigenvalue weighted by Gasteiger charge is -2.16. The molecular weight excluding hydrogens is 404 g/mol. The number of benzene rings is 3. The van der Waals surface area contributed by atoms with Crippen molar-refractivity contribution in [2.45, 2.75) is 0 Å². The topological polar surface area (TPSA) is 107 Å². The monoisotopic (exact) mass is 422 g/mol. The van der Waals surface area contributed by atoms with Gasteiger partial charge in [0.25, 0.3) is 5.89 Å². The molecule has 0 fully saturated rings. The van der Waals surface area contributed by atoms with Crippen LogP contribution in [0.4, 0.5) is 5.88 Å². The Kier molecular flexibility index (Phi) is 4.61. The summed E-state index contributed by atoms with van der Waals surface area (Å²) in [6, 6.07) is 21.6. The van der Waals surface area contributed by atoms with Gasteiger partial charge in [0, 0.05) is 16.7 Å². The van der Waals surface area contributed by atoms with Gasteiger partial charge in [-0.05, 0) is 35.0 Å². The zero-order valence-corrected chi connectivity index (χ0v) is 17.4. The third kappa shape index (κ3) is 2.97. The van der Waals surface area contributed by atoms with Crippen LogP contribution in [0.3, 0.4) is 0 Å². The fourth-order valence-corrected chi connectivity index (χ4v) is 3.93. The van der Waals surface area contributed by atoms with Crippen LogP contribution < -0.4 is 15.2 Å². The molecular formula is C25H18N4O3. The molecule has 0 spiro atoms. The van der Waals surface area contributed by atoms with Gasteiger partial charge in [-0.25, -0.2) is 0 Å². The standard InChI is InChI=1S/C25H18N4O3/c1-30-17-9-10-20(31-2)18(12-17)21-19(13-26)24(27)32-25-22(21)23(28-29-25)16-8-7-14-5-3-4-6-15(14)11-16/h3-12H,27H2,1-2H3. The Hall–Kier alpha value is -4.57. The molecule has 0 bridgehead atoms. The average Bonchev–Trinajstić information content (AvgIpc) is 3.25. The normalized spacial score (nSPS) is 10.9. The first-order valence-corrected chi connectivity index (χ1v) is 9.85. The van der Waals surface area contributed by atoms with Crippen molar-refractivity contribution in [2.24, 2.45) is 0 Å². The predicted octanol–water partition coefficient (Wildman–Crippen LogP) is 5.13. The smallest absolute Gasteiger partial charge is 0.250 e. The van der Waals surface area contributed by atoms with E-state index in [9.17, 15) is 5.26 Å². The van der Waals surface area contributed by atoms with E-state index in [-0.39, 0.29) is 17.3 Å². The zero-order chi connectivity index (χ0) is 22.2. The Morgan fingerprint density at radius 2 is 1.72 bits per heavy atom. The number of nitrogens with two attached hydrogens (primary N) is 1. The lowest BCUT2D eigenvalue weighted by atomic mass is 9.92. The van der Waals surface area contributed by atoms with E-state index in [1.807, 2.05) is 42.5 Å². The predicted molar refractivity (Wildman–Crippen MR) is 122 cm³/mol. The van der Waals surface area contributed by atoms with Crippen molar-refractivity contribution in [1.82, 2.24) is 10.2 Å². The summed E-state index contributed by atoms with van der Waals surface area (Å²) in [6.45, 7) is 0. The lowest BCUT2D eigenvalue weighted by molar-refractivity contribution is 0.404. The first-order chi connectivity index (χ1) is 15.6. The van der Waals surface area contributed by atoms with E-state index in [0.29, 0.717) is 33.9 Å². The molecule has 2 N–H and O–H groups in total. The lowest BCUT2D eigenvalue weighted by Crippen LogP contribution is -2.00. The van der Waals surface area contributed by atoms with Gasteiger partial charge in [0.2, 0.25) is 5.88 Å². The molecule has 156 valence electrons. The van der Waals surface area contributed by atoms with E-state index in [2.05, 4.69) is 16.3 Å². The Morgan fingerprint density at radius 3 is 2.47 bits per heavy atom. The number of methoxy groups -OCH3 is 2. The fourth-order valence-electron chi connectivity index (χ4n) is 3.93. The fraction of sp³-hybridized carbons (Fsp3) is 0.0800. The van der Waals surface area contributed by atoms with Crippen molar-refractivity contribution in [3.05, 3.63) is 66.2 Å². The quantitative estimate of drug-likeness (QED) is 0.428. The molecule has 5 rings (SSSR count). The molecule has 0 unspecified atom stereocenters. The number of ether oxygens (including phenoxy) is 2. The molecule has 3 aromatic carbocycles. The van der Waals surface area contributed by atoms with E-state index in [0.717, 1.165) is 16.3 Å². The van der Waals surface area contributed by atoms with Gasteiger partial charge in [-0.2, -0.15) is 5.26 Å². The number of hydrogen-bond acceptors (Lipinski definition) is 7. The zero-order valence-electron chi connectivity index (χ0n) is 17.4. The van der Waals surface area contributed by atoms with Gasteiger partial charge >= 0.3 is 0 Å². The van der Waals surface area contributed by atoms with Gasteiger partial charge in [-0.1, -0.05) is 36.4 Å². The van der Waals surface area contributed by atoms with Crippen LogP contribution in [0.15, 0.2) is 65.1 Å². The Bertz CT molecular complexity index is 1480. The maximum Gasteiger partial charge on any atom is 0.250 e. The highest BCUT2D eigenvalue weighted by Gasteiger charge is 2.29. The average molecular weight is 422 g/mol. The molecule has 7 nitrogen and oxygen atoms in total. The summed E-state index contributed by atoms with van der Waals surface area (Å²) in [5, 5.41) is 20.7. The molecule has 2 aliphatic heterocycles. The molecule has 0 radical (unpaired) electrons. The van der Waals surface area contributed by atoms with Gasteiger partial charge in [0.1, 0.15) is 28.8 Å². The molecule has 0 aliphatic carbocycles. The van der Waals surface area contributed by atoms with Gasteiger partial charge in [-0.15, -0.1) is 10.2 Å². The number of nitrogen functional groups attached to an aromatic ring is 1. The molecule has 0 saturated carbocycles. The van der Waals surface area contributed by atoms with Crippen molar-refractivity contribution < 1.29 is 13.9 Å². The van der Waals surface area contributed by atoms with Crippen LogP contribution in [0.5, 0.6) is 11.5 Å². The van der Waals surface area contributed by atoms with Crippen molar-refractivity contribution in [1.29, 1.82) is 5.26 Å². The van der Waals surface area contributed by atoms with E-state index in [1.165, 1.54) is 0 Å². The highest BCUT2D eigenvalue weighted by molar-refractivity contribution is 5.98. The van der Waals surface area contributed by atoms with Crippen LogP contribution in [0.25, 0.3) is 44.6 Å². The third-order valence-electron chi connectivity index (χ3n) is 5.46. The van der Waals surface area contributed by atoms with Crippen molar-refractivity contribution in [3.63, 3.8) is 0 Å². The SMILES string of the molecule is COc1ccc(OC)c(-c2c(C#N)c(N)oc3nnc(-c4ccc5ccccc5c4)c2-3)c1. The first kappa shape index (κ1) is 19.4. The van der Waals surface area contributed by atoms with E-state index < -0.39 is 0 Å². The number of hydrogen-bond donors (Lipinski definition) is 1. The van der Waals surface area contributed by atoms with Crippen LogP contribution >= 0.6 is 0 Å². The summed E-state index contributed by atoms with van der Waals surface area (Å²) in [7, 11) is 3.14. The molecule has 2 aliphatic rings. The molecule has 0 aromatic heterocycles. The number of rotatable bonds is 4. The third-order valence-corrected chi connectivity index (χ3v) is 5.46. The van der Waals surface area contributed by atoms with E-state index in [1.54, 1.807) is 32.4 Å². The molecule has 0 atom stereocenters. The highest BCUT2D eigenvalue weighted by atomic mass is 16.5. The number of aromatic nitrogens is 2. The van der Waals surface area contributed by atoms with Crippen molar-refractivity contribution in [3.8, 4) is 51.4 Å². The summed E-state index contributed by atoms with van der Waals surface area (Å²) in [4.78, 5) is 0. The van der Waals surface area contributed by atoms with Gasteiger partial charge in [-0.3, -0.25) is 0 Å². The van der Waals surface area contributed by atoms with E-state index in [4.69, 9.17) is 19.6 Å². The van der Waals surface area contributed by atoms with Crippen LogP contribution in [0.2, 0.25) is 0 Å². The summed E-state index contributed by atoms with van der Waals surface area (Å²) < 4.78 is 16.7. The second-order valence-corrected chi connectivity index (χ2v) is 7.19. The Labute approximate surface area is 184 Å². The molecule has 7 heteroatoms. The van der Waals surface area contributed by atoms with Crippen LogP contribution in [0, 0.1) is 11.3 Å². The number of fused-ring (bicyclic) bond motifs is 2. The summed E-state index contributed by atoms with van der Waals surface area (Å²) >= 11 is 0. The molecule has 2 heterocycles. The van der Waals surface area contributed by atoms with Crippen LogP contribution in [-0.2, 0) is 0 Å². The maximum atomic E-state index is 9.95. The summed E-state index contributed by atoms with van der Waals surface area (Å²) in [5.41, 5.74) is 9.46. The number of nitrogens with zero attached hydrogens (tertiary/aromatic N) is 3. The second kappa shape index (κ2) is 7.60. The summed E-state index contributed by atoms with van der Waals surface area (Å²) in [5.74, 6) is 1.37. The van der Waals surface area contributed by atoms with Crippen molar-refractivity contribution >= 4 is 16.7 Å². The van der Waals surface area contributed by atoms with Gasteiger partial charge in [0.05, 0.1) is 19.8 Å². The molecule has 32 heavy (non-hydrogen) atoms. The number of nitriles is 1. The van der Waals surface area contributed by atoms with E-state index >= 15 is 0 Å².